The lowest BCUT2D eigenvalue weighted by molar-refractivity contribution is -0.141. The molecule has 1 amide bonds. The summed E-state index contributed by atoms with van der Waals surface area (Å²) in [5.74, 6) is 0.997. The van der Waals surface area contributed by atoms with E-state index in [9.17, 15) is 13.2 Å². The summed E-state index contributed by atoms with van der Waals surface area (Å²) < 4.78 is 33.1. The average Bonchev–Trinajstić information content (AvgIpc) is 2.67. The van der Waals surface area contributed by atoms with Gasteiger partial charge in [0.05, 0.1) is 18.1 Å². The van der Waals surface area contributed by atoms with E-state index in [2.05, 4.69) is 33.0 Å². The van der Waals surface area contributed by atoms with Crippen LogP contribution in [0.2, 0.25) is 0 Å². The van der Waals surface area contributed by atoms with E-state index in [4.69, 9.17) is 4.74 Å². The molecule has 0 radical (unpaired) electrons. The number of methoxy groups -OCH3 is 1. The number of sulfone groups is 1. The van der Waals surface area contributed by atoms with Crippen LogP contribution >= 0.6 is 0 Å². The molecule has 0 spiro atoms. The minimum Gasteiger partial charge on any atom is -0.501 e. The molecule has 3 aliphatic carbocycles. The molecule has 5 nitrogen and oxygen atoms in total. The van der Waals surface area contributed by atoms with Crippen molar-refractivity contribution in [2.24, 2.45) is 34.0 Å². The summed E-state index contributed by atoms with van der Waals surface area (Å²) in [6.45, 7) is 9.40. The highest BCUT2D eigenvalue weighted by atomic mass is 32.2. The van der Waals surface area contributed by atoms with Crippen molar-refractivity contribution >= 4 is 15.7 Å². The van der Waals surface area contributed by atoms with E-state index < -0.39 is 15.1 Å². The zero-order chi connectivity index (χ0) is 22.1. The molecule has 1 saturated heterocycles. The molecule has 2 saturated carbocycles. The van der Waals surface area contributed by atoms with Crippen molar-refractivity contribution in [2.45, 2.75) is 65.0 Å². The molecular weight excluding hydrogens is 398 g/mol. The van der Waals surface area contributed by atoms with Crippen LogP contribution in [0.4, 0.5) is 0 Å². The molecule has 0 aromatic rings. The van der Waals surface area contributed by atoms with Gasteiger partial charge in [-0.2, -0.15) is 0 Å². The molecule has 1 heterocycles. The van der Waals surface area contributed by atoms with E-state index in [0.717, 1.165) is 25.7 Å². The molecule has 4 rings (SSSR count). The average molecular weight is 436 g/mol. The quantitative estimate of drug-likeness (QED) is 0.715. The molecule has 30 heavy (non-hydrogen) atoms. The molecule has 3 fully saturated rings. The molecular formula is C24H37NO4S. The smallest absolute Gasteiger partial charge is 0.250 e. The topological polar surface area (TPSA) is 72.5 Å². The first kappa shape index (κ1) is 21.9. The fourth-order valence-electron chi connectivity index (χ4n) is 7.99. The number of carbonyl (C=O) groups is 1. The van der Waals surface area contributed by atoms with Crippen molar-refractivity contribution < 1.29 is 17.9 Å². The lowest BCUT2D eigenvalue weighted by Crippen LogP contribution is -2.64. The standard InChI is InChI=1S/C24H37NO4S/c1-22(2)9-7-10-23(3)18(22)8-11-24(4)19(23)14-30(27,28)17-13-15(21(26)25-5)12-16(29-6)20(17)24/h12-13,17-20H,7-11,14H2,1-6H3,(H,25,26)/t17?,18-,19+,20?,23-,24+/m0/s1. The van der Waals surface area contributed by atoms with Crippen LogP contribution < -0.4 is 5.32 Å². The Bertz CT molecular complexity index is 917. The van der Waals surface area contributed by atoms with E-state index in [-0.39, 0.29) is 39.7 Å². The minimum absolute atomic E-state index is 0.0103. The number of ether oxygens (including phenoxy) is 1. The third-order valence-electron chi connectivity index (χ3n) is 9.37. The molecule has 4 aliphatic rings. The summed E-state index contributed by atoms with van der Waals surface area (Å²) in [5, 5.41) is 1.93. The Morgan fingerprint density at radius 1 is 1.10 bits per heavy atom. The van der Waals surface area contributed by atoms with Gasteiger partial charge in [0.25, 0.3) is 5.91 Å². The number of carbonyl (C=O) groups excluding carboxylic acids is 1. The molecule has 2 unspecified atom stereocenters. The Morgan fingerprint density at radius 2 is 1.80 bits per heavy atom. The van der Waals surface area contributed by atoms with Gasteiger partial charge in [-0.05, 0) is 59.8 Å². The highest BCUT2D eigenvalue weighted by molar-refractivity contribution is 7.92. The van der Waals surface area contributed by atoms with Crippen molar-refractivity contribution in [2.75, 3.05) is 19.9 Å². The molecule has 0 aromatic carbocycles. The summed E-state index contributed by atoms with van der Waals surface area (Å²) in [6.07, 6.45) is 9.06. The number of hydrogen-bond acceptors (Lipinski definition) is 4. The van der Waals surface area contributed by atoms with Crippen molar-refractivity contribution in [1.29, 1.82) is 0 Å². The van der Waals surface area contributed by atoms with Gasteiger partial charge in [0.1, 0.15) is 5.76 Å². The first-order valence-electron chi connectivity index (χ1n) is 11.3. The van der Waals surface area contributed by atoms with Crippen molar-refractivity contribution in [1.82, 2.24) is 5.32 Å². The van der Waals surface area contributed by atoms with Crippen LogP contribution in [-0.4, -0.2) is 39.5 Å². The van der Waals surface area contributed by atoms with Crippen molar-refractivity contribution in [3.05, 3.63) is 23.5 Å². The molecule has 0 aromatic heterocycles. The largest absolute Gasteiger partial charge is 0.501 e. The van der Waals surface area contributed by atoms with Gasteiger partial charge in [0.2, 0.25) is 0 Å². The Morgan fingerprint density at radius 3 is 2.43 bits per heavy atom. The maximum absolute atomic E-state index is 13.7. The molecule has 168 valence electrons. The number of fused-ring (bicyclic) bond motifs is 5. The first-order valence-corrected chi connectivity index (χ1v) is 13.0. The van der Waals surface area contributed by atoms with Crippen molar-refractivity contribution in [3.8, 4) is 0 Å². The van der Waals surface area contributed by atoms with Gasteiger partial charge in [0, 0.05) is 18.5 Å². The zero-order valence-electron chi connectivity index (χ0n) is 19.2. The van der Waals surface area contributed by atoms with Gasteiger partial charge >= 0.3 is 0 Å². The predicted octanol–water partition coefficient (Wildman–Crippen LogP) is 3.86. The summed E-state index contributed by atoms with van der Waals surface area (Å²) in [6, 6.07) is 0. The summed E-state index contributed by atoms with van der Waals surface area (Å²) >= 11 is 0. The summed E-state index contributed by atoms with van der Waals surface area (Å²) in [5.41, 5.74) is 0.477. The van der Waals surface area contributed by atoms with Gasteiger partial charge < -0.3 is 10.1 Å². The number of amides is 1. The van der Waals surface area contributed by atoms with E-state index in [1.165, 1.54) is 6.42 Å². The second-order valence-corrected chi connectivity index (χ2v) is 13.4. The Kier molecular flexibility index (Phi) is 5.00. The van der Waals surface area contributed by atoms with E-state index >= 15 is 0 Å². The summed E-state index contributed by atoms with van der Waals surface area (Å²) in [7, 11) is -0.245. The first-order chi connectivity index (χ1) is 13.9. The molecule has 1 aliphatic heterocycles. The van der Waals surface area contributed by atoms with E-state index in [1.54, 1.807) is 26.3 Å². The number of rotatable bonds is 2. The molecule has 0 bridgehead atoms. The van der Waals surface area contributed by atoms with Gasteiger partial charge in [-0.25, -0.2) is 8.42 Å². The number of hydrogen-bond donors (Lipinski definition) is 1. The lowest BCUT2D eigenvalue weighted by Gasteiger charge is -2.66. The fraction of sp³-hybridized carbons (Fsp3) is 0.792. The van der Waals surface area contributed by atoms with Gasteiger partial charge in [-0.15, -0.1) is 0 Å². The second kappa shape index (κ2) is 6.85. The third-order valence-corrected chi connectivity index (χ3v) is 11.4. The van der Waals surface area contributed by atoms with Crippen LogP contribution in [-0.2, 0) is 19.4 Å². The monoisotopic (exact) mass is 435 g/mol. The maximum atomic E-state index is 13.7. The highest BCUT2D eigenvalue weighted by Gasteiger charge is 2.66. The van der Waals surface area contributed by atoms with E-state index in [1.807, 2.05) is 0 Å². The number of allylic oxidation sites excluding steroid dienone is 1. The fourth-order valence-corrected chi connectivity index (χ4v) is 10.7. The van der Waals surface area contributed by atoms with Crippen molar-refractivity contribution in [3.63, 3.8) is 0 Å². The van der Waals surface area contributed by atoms with Gasteiger partial charge in [-0.1, -0.05) is 40.2 Å². The SMILES string of the molecule is CNC(=O)C1=CC2C(C(OC)=C1)[C@]1(C)CC[C@H]3C(C)(C)CCC[C@]3(C)[C@H]1CS2(=O)=O. The predicted molar refractivity (Wildman–Crippen MR) is 118 cm³/mol. The van der Waals surface area contributed by atoms with Crippen LogP contribution in [0.3, 0.4) is 0 Å². The van der Waals surface area contributed by atoms with Gasteiger partial charge in [-0.3, -0.25) is 4.79 Å². The Labute approximate surface area is 181 Å². The molecule has 1 N–H and O–H groups in total. The zero-order valence-corrected chi connectivity index (χ0v) is 20.1. The Balaban J connectivity index is 1.84. The van der Waals surface area contributed by atoms with Crippen LogP contribution in [0.25, 0.3) is 0 Å². The van der Waals surface area contributed by atoms with Crippen LogP contribution in [0, 0.1) is 34.0 Å². The second-order valence-electron chi connectivity index (χ2n) is 11.2. The maximum Gasteiger partial charge on any atom is 0.250 e. The number of likely N-dealkylation sites (N-methyl/N-ethyl adjacent to an activating group) is 1. The summed E-state index contributed by atoms with van der Waals surface area (Å²) in [4.78, 5) is 12.3. The highest BCUT2D eigenvalue weighted by Crippen LogP contribution is 2.69. The molecule has 6 atom stereocenters. The van der Waals surface area contributed by atoms with Gasteiger partial charge in [0.15, 0.2) is 9.84 Å². The van der Waals surface area contributed by atoms with E-state index in [0.29, 0.717) is 17.3 Å². The minimum atomic E-state index is -3.41. The number of nitrogens with one attached hydrogen (secondary N) is 1. The van der Waals surface area contributed by atoms with Crippen LogP contribution in [0.1, 0.15) is 59.8 Å². The third kappa shape index (κ3) is 2.92. The Hall–Kier alpha value is -1.30. The molecule has 6 heteroatoms. The van der Waals surface area contributed by atoms with Crippen LogP contribution in [0.15, 0.2) is 23.5 Å². The normalized spacial score (nSPS) is 43.8. The van der Waals surface area contributed by atoms with Crippen LogP contribution in [0.5, 0.6) is 0 Å². The lowest BCUT2D eigenvalue weighted by atomic mass is 9.41.